The fraction of sp³-hybridized carbons (Fsp3) is 0.476. The van der Waals surface area contributed by atoms with E-state index in [2.05, 4.69) is 10.4 Å². The third kappa shape index (κ3) is 2.86. The van der Waals surface area contributed by atoms with E-state index in [1.165, 1.54) is 23.0 Å². The smallest absolute Gasteiger partial charge is 0.309 e. The highest BCUT2D eigenvalue weighted by atomic mass is 35.5. The van der Waals surface area contributed by atoms with Gasteiger partial charge in [-0.15, -0.1) is 0 Å². The zero-order valence-corrected chi connectivity index (χ0v) is 16.5. The first-order chi connectivity index (χ1) is 13.8. The topological polar surface area (TPSA) is 84.2 Å². The Balaban J connectivity index is 1.53. The lowest BCUT2D eigenvalue weighted by atomic mass is 9.47. The zero-order valence-electron chi connectivity index (χ0n) is 15.7. The molecule has 2 N–H and O–H groups in total. The second-order valence-electron chi connectivity index (χ2n) is 9.00. The van der Waals surface area contributed by atoms with Crippen molar-refractivity contribution in [3.05, 3.63) is 51.7 Å². The van der Waals surface area contributed by atoms with Crippen LogP contribution in [0.2, 0.25) is 5.02 Å². The molecule has 0 amide bonds. The molecule has 4 fully saturated rings. The first-order valence-corrected chi connectivity index (χ1v) is 10.2. The molecule has 2 aromatic rings. The van der Waals surface area contributed by atoms with Gasteiger partial charge in [-0.1, -0.05) is 17.7 Å². The number of rotatable bonds is 4. The summed E-state index contributed by atoms with van der Waals surface area (Å²) in [6.45, 7) is 0. The van der Waals surface area contributed by atoms with Crippen molar-refractivity contribution in [2.24, 2.45) is 17.3 Å². The number of carbonyl (C=O) groups is 1. The molecular weight excluding hydrogens is 397 g/mol. The number of aromatic nitrogens is 2. The molecular formula is C21H21ClFN3O3. The van der Waals surface area contributed by atoms with Crippen LogP contribution < -0.4 is 10.9 Å². The van der Waals surface area contributed by atoms with Crippen molar-refractivity contribution in [1.29, 1.82) is 0 Å². The predicted octanol–water partition coefficient (Wildman–Crippen LogP) is 4.16. The summed E-state index contributed by atoms with van der Waals surface area (Å²) >= 11 is 6.38. The first-order valence-electron chi connectivity index (χ1n) is 9.85. The van der Waals surface area contributed by atoms with Crippen LogP contribution in [-0.4, -0.2) is 20.9 Å². The van der Waals surface area contributed by atoms with Gasteiger partial charge < -0.3 is 10.4 Å². The summed E-state index contributed by atoms with van der Waals surface area (Å²) in [7, 11) is 0. The molecule has 0 radical (unpaired) electrons. The molecule has 6 rings (SSSR count). The average molecular weight is 418 g/mol. The van der Waals surface area contributed by atoms with Crippen LogP contribution in [0.4, 0.5) is 15.8 Å². The van der Waals surface area contributed by atoms with Crippen LogP contribution in [0.5, 0.6) is 0 Å². The molecule has 4 saturated carbocycles. The Morgan fingerprint density at radius 1 is 1.28 bits per heavy atom. The first kappa shape index (κ1) is 18.6. The molecule has 2 unspecified atom stereocenters. The zero-order chi connectivity index (χ0) is 20.4. The van der Waals surface area contributed by atoms with Crippen LogP contribution >= 0.6 is 11.6 Å². The van der Waals surface area contributed by atoms with Gasteiger partial charge in [0.2, 0.25) is 0 Å². The minimum absolute atomic E-state index is 0.0237. The summed E-state index contributed by atoms with van der Waals surface area (Å²) < 4.78 is 14.9. The van der Waals surface area contributed by atoms with Crippen molar-refractivity contribution in [3.8, 4) is 0 Å². The van der Waals surface area contributed by atoms with E-state index in [-0.39, 0.29) is 5.02 Å². The Hall–Kier alpha value is -2.41. The highest BCUT2D eigenvalue weighted by Crippen LogP contribution is 2.63. The van der Waals surface area contributed by atoms with E-state index in [1.807, 2.05) is 0 Å². The number of benzene rings is 1. The number of carboxylic acid groups (broad SMARTS) is 1. The maximum Gasteiger partial charge on any atom is 0.309 e. The van der Waals surface area contributed by atoms with Crippen molar-refractivity contribution >= 4 is 28.9 Å². The number of nitrogens with one attached hydrogen (secondary N) is 1. The summed E-state index contributed by atoms with van der Waals surface area (Å²) in [4.78, 5) is 25.2. The Labute approximate surface area is 171 Å². The van der Waals surface area contributed by atoms with Crippen molar-refractivity contribution in [3.63, 3.8) is 0 Å². The minimum atomic E-state index is -0.768. The molecule has 0 saturated heterocycles. The number of halogens is 2. The monoisotopic (exact) mass is 417 g/mol. The Bertz CT molecular complexity index is 1060. The van der Waals surface area contributed by atoms with Crippen LogP contribution in [0.1, 0.15) is 38.5 Å². The van der Waals surface area contributed by atoms with Gasteiger partial charge in [0.15, 0.2) is 0 Å². The Morgan fingerprint density at radius 3 is 2.66 bits per heavy atom. The fourth-order valence-electron chi connectivity index (χ4n) is 6.29. The number of carboxylic acids is 1. The third-order valence-electron chi connectivity index (χ3n) is 6.96. The third-order valence-corrected chi connectivity index (χ3v) is 7.32. The molecule has 1 heterocycles. The Morgan fingerprint density at radius 2 is 2.00 bits per heavy atom. The fourth-order valence-corrected chi connectivity index (χ4v) is 6.47. The summed E-state index contributed by atoms with van der Waals surface area (Å²) in [6.07, 6.45) is 5.81. The predicted molar refractivity (Wildman–Crippen MR) is 106 cm³/mol. The van der Waals surface area contributed by atoms with Crippen molar-refractivity contribution < 1.29 is 14.3 Å². The number of nitrogens with zero attached hydrogens (tertiary/aromatic N) is 2. The van der Waals surface area contributed by atoms with Gasteiger partial charge in [0.05, 0.1) is 22.8 Å². The lowest BCUT2D eigenvalue weighted by molar-refractivity contribution is -0.173. The number of hydrogen-bond donors (Lipinski definition) is 2. The van der Waals surface area contributed by atoms with Gasteiger partial charge in [0.25, 0.3) is 5.56 Å². The van der Waals surface area contributed by atoms with Gasteiger partial charge >= 0.3 is 5.97 Å². The van der Waals surface area contributed by atoms with Gasteiger partial charge in [-0.3, -0.25) is 9.59 Å². The molecule has 8 heteroatoms. The molecule has 6 nitrogen and oxygen atoms in total. The van der Waals surface area contributed by atoms with E-state index >= 15 is 0 Å². The molecule has 4 bridgehead atoms. The van der Waals surface area contributed by atoms with E-state index in [0.29, 0.717) is 42.5 Å². The lowest BCUT2D eigenvalue weighted by Crippen LogP contribution is -2.61. The van der Waals surface area contributed by atoms with Gasteiger partial charge in [0.1, 0.15) is 10.8 Å². The van der Waals surface area contributed by atoms with Crippen molar-refractivity contribution in [2.75, 3.05) is 5.32 Å². The molecule has 1 aromatic heterocycles. The molecule has 1 aromatic carbocycles. The van der Waals surface area contributed by atoms with E-state index in [0.717, 1.165) is 19.3 Å². The minimum Gasteiger partial charge on any atom is -0.481 e. The summed E-state index contributed by atoms with van der Waals surface area (Å²) in [5, 5.41) is 17.2. The van der Waals surface area contributed by atoms with Gasteiger partial charge in [0, 0.05) is 5.69 Å². The van der Waals surface area contributed by atoms with E-state index in [4.69, 9.17) is 11.6 Å². The Kier molecular flexibility index (Phi) is 4.04. The molecule has 0 aliphatic heterocycles. The largest absolute Gasteiger partial charge is 0.481 e. The van der Waals surface area contributed by atoms with Crippen LogP contribution in [0.25, 0.3) is 0 Å². The second-order valence-corrected chi connectivity index (χ2v) is 9.37. The maximum absolute atomic E-state index is 13.4. The van der Waals surface area contributed by atoms with E-state index in [9.17, 15) is 19.1 Å². The molecule has 4 atom stereocenters. The van der Waals surface area contributed by atoms with E-state index in [1.54, 1.807) is 12.1 Å². The molecule has 29 heavy (non-hydrogen) atoms. The molecule has 4 aliphatic carbocycles. The average Bonchev–Trinajstić information content (AvgIpc) is 2.64. The van der Waals surface area contributed by atoms with Crippen molar-refractivity contribution in [1.82, 2.24) is 9.78 Å². The quantitative estimate of drug-likeness (QED) is 0.780. The van der Waals surface area contributed by atoms with Gasteiger partial charge in [-0.05, 0) is 68.6 Å². The van der Waals surface area contributed by atoms with Crippen LogP contribution in [0, 0.1) is 23.1 Å². The van der Waals surface area contributed by atoms with Crippen molar-refractivity contribution in [2.45, 2.75) is 44.1 Å². The highest BCUT2D eigenvalue weighted by molar-refractivity contribution is 6.33. The molecule has 152 valence electrons. The summed E-state index contributed by atoms with van der Waals surface area (Å²) in [6, 6.07) is 5.85. The SMILES string of the molecule is O=C(O)C12C[C@H]3C[C@@H](C1)CC(n1ncc(Nc4cccc(F)c4)c(Cl)c1=O)(C3)C2. The maximum atomic E-state index is 13.4. The second kappa shape index (κ2) is 6.29. The summed E-state index contributed by atoms with van der Waals surface area (Å²) in [5.41, 5.74) is -1.03. The molecule has 0 spiro atoms. The van der Waals surface area contributed by atoms with Crippen LogP contribution in [0.3, 0.4) is 0 Å². The van der Waals surface area contributed by atoms with Crippen LogP contribution in [-0.2, 0) is 10.3 Å². The number of hydrogen-bond acceptors (Lipinski definition) is 4. The highest BCUT2D eigenvalue weighted by Gasteiger charge is 2.62. The van der Waals surface area contributed by atoms with E-state index < -0.39 is 28.3 Å². The number of aliphatic carboxylic acids is 1. The van der Waals surface area contributed by atoms with Crippen LogP contribution in [0.15, 0.2) is 35.3 Å². The normalized spacial score (nSPS) is 32.3. The summed E-state index contributed by atoms with van der Waals surface area (Å²) in [5.74, 6) is -0.575. The number of anilines is 2. The lowest BCUT2D eigenvalue weighted by Gasteiger charge is -2.60. The standard InChI is InChI=1S/C21H21ClFN3O3/c22-17-16(25-15-3-1-2-14(23)5-15)10-24-26(18(17)27)21-8-12-4-13(9-21)7-20(6-12,11-21)19(28)29/h1-3,5,10,12-13,25H,4,6-9,11H2,(H,28,29)/t12-,13+,20?,21?. The van der Waals surface area contributed by atoms with Gasteiger partial charge in [-0.2, -0.15) is 5.10 Å². The van der Waals surface area contributed by atoms with Gasteiger partial charge in [-0.25, -0.2) is 9.07 Å². The molecule has 4 aliphatic rings.